The van der Waals surface area contributed by atoms with Crippen molar-refractivity contribution in [3.63, 3.8) is 0 Å². The molecule has 0 unspecified atom stereocenters. The third-order valence-electron chi connectivity index (χ3n) is 2.63. The van der Waals surface area contributed by atoms with Gasteiger partial charge in [0, 0.05) is 0 Å². The summed E-state index contributed by atoms with van der Waals surface area (Å²) in [4.78, 5) is 20.0. The van der Waals surface area contributed by atoms with Crippen LogP contribution in [0.25, 0.3) is 0 Å². The second kappa shape index (κ2) is 6.23. The molecule has 20 heavy (non-hydrogen) atoms. The zero-order chi connectivity index (χ0) is 14.7. The molecule has 106 valence electrons. The van der Waals surface area contributed by atoms with Crippen LogP contribution in [0.2, 0.25) is 5.02 Å². The van der Waals surface area contributed by atoms with Crippen LogP contribution in [0, 0.1) is 13.8 Å². The van der Waals surface area contributed by atoms with Gasteiger partial charge in [-0.25, -0.2) is 14.8 Å². The molecule has 2 rings (SSSR count). The molecule has 0 aliphatic rings. The standard InChI is InChI=1S/C12H12ClN3O3S/c1-6-8(7(2)19-16-6)5-18-11(17)10-9(13)4-14-12(15-10)20-3/h4H,5H2,1-3H3. The van der Waals surface area contributed by atoms with E-state index in [1.165, 1.54) is 18.0 Å². The maximum Gasteiger partial charge on any atom is 0.359 e. The van der Waals surface area contributed by atoms with E-state index in [0.29, 0.717) is 16.6 Å². The number of hydrogen-bond donors (Lipinski definition) is 0. The second-order valence-electron chi connectivity index (χ2n) is 3.93. The zero-order valence-corrected chi connectivity index (χ0v) is 12.7. The predicted octanol–water partition coefficient (Wildman–Crippen LogP) is 2.81. The van der Waals surface area contributed by atoms with Crippen LogP contribution in [-0.2, 0) is 11.3 Å². The Morgan fingerprint density at radius 1 is 1.50 bits per heavy atom. The summed E-state index contributed by atoms with van der Waals surface area (Å²) in [6, 6.07) is 0. The van der Waals surface area contributed by atoms with E-state index in [1.54, 1.807) is 13.8 Å². The van der Waals surface area contributed by atoms with E-state index in [4.69, 9.17) is 20.9 Å². The van der Waals surface area contributed by atoms with Gasteiger partial charge in [0.25, 0.3) is 0 Å². The third kappa shape index (κ3) is 3.10. The number of halogens is 1. The lowest BCUT2D eigenvalue weighted by atomic mass is 10.2. The zero-order valence-electron chi connectivity index (χ0n) is 11.1. The first-order valence-corrected chi connectivity index (χ1v) is 7.28. The third-order valence-corrected chi connectivity index (χ3v) is 3.47. The highest BCUT2D eigenvalue weighted by molar-refractivity contribution is 7.98. The molecular formula is C12H12ClN3O3S. The van der Waals surface area contributed by atoms with Crippen LogP contribution in [0.5, 0.6) is 0 Å². The van der Waals surface area contributed by atoms with Crippen LogP contribution in [0.15, 0.2) is 15.9 Å². The van der Waals surface area contributed by atoms with Gasteiger partial charge in [-0.05, 0) is 20.1 Å². The largest absolute Gasteiger partial charge is 0.456 e. The Hall–Kier alpha value is -1.60. The Morgan fingerprint density at radius 3 is 2.85 bits per heavy atom. The van der Waals surface area contributed by atoms with Gasteiger partial charge in [-0.1, -0.05) is 28.5 Å². The SMILES string of the molecule is CSc1ncc(Cl)c(C(=O)OCc2c(C)noc2C)n1. The molecule has 0 saturated heterocycles. The molecule has 6 nitrogen and oxygen atoms in total. The summed E-state index contributed by atoms with van der Waals surface area (Å²) in [5.74, 6) is 0.0154. The van der Waals surface area contributed by atoms with Crippen LogP contribution in [0.1, 0.15) is 27.5 Å². The molecule has 0 aliphatic heterocycles. The second-order valence-corrected chi connectivity index (χ2v) is 5.11. The lowest BCUT2D eigenvalue weighted by Crippen LogP contribution is -2.10. The maximum absolute atomic E-state index is 12.0. The van der Waals surface area contributed by atoms with Gasteiger partial charge in [0.05, 0.1) is 22.5 Å². The average Bonchev–Trinajstić information content (AvgIpc) is 2.76. The van der Waals surface area contributed by atoms with Crippen LogP contribution in [-0.4, -0.2) is 27.3 Å². The number of carbonyl (C=O) groups excluding carboxylic acids is 1. The molecule has 0 aromatic carbocycles. The molecule has 8 heteroatoms. The summed E-state index contributed by atoms with van der Waals surface area (Å²) < 4.78 is 10.2. The number of esters is 1. The Balaban J connectivity index is 2.13. The highest BCUT2D eigenvalue weighted by atomic mass is 35.5. The van der Waals surface area contributed by atoms with E-state index in [-0.39, 0.29) is 17.3 Å². The molecule has 0 atom stereocenters. The Morgan fingerprint density at radius 2 is 2.25 bits per heavy atom. The minimum Gasteiger partial charge on any atom is -0.456 e. The Bertz CT molecular complexity index is 625. The summed E-state index contributed by atoms with van der Waals surface area (Å²) in [5, 5.41) is 4.41. The highest BCUT2D eigenvalue weighted by Gasteiger charge is 2.18. The number of aromatic nitrogens is 3. The van der Waals surface area contributed by atoms with E-state index in [1.807, 2.05) is 6.26 Å². The molecule has 0 aliphatic carbocycles. The number of ether oxygens (including phenoxy) is 1. The number of rotatable bonds is 4. The molecule has 0 fully saturated rings. The fraction of sp³-hybridized carbons (Fsp3) is 0.333. The molecule has 2 aromatic rings. The predicted molar refractivity (Wildman–Crippen MR) is 73.9 cm³/mol. The van der Waals surface area contributed by atoms with Gasteiger partial charge in [0.1, 0.15) is 12.4 Å². The first kappa shape index (κ1) is 14.8. The summed E-state index contributed by atoms with van der Waals surface area (Å²) in [6.07, 6.45) is 3.19. The minimum atomic E-state index is -0.604. The van der Waals surface area contributed by atoms with E-state index >= 15 is 0 Å². The Labute approximate surface area is 124 Å². The van der Waals surface area contributed by atoms with Crippen LogP contribution < -0.4 is 0 Å². The number of hydrogen-bond acceptors (Lipinski definition) is 7. The molecule has 2 aromatic heterocycles. The van der Waals surface area contributed by atoms with Gasteiger partial charge in [0.15, 0.2) is 10.9 Å². The van der Waals surface area contributed by atoms with Crippen LogP contribution >= 0.6 is 23.4 Å². The van der Waals surface area contributed by atoms with Crippen molar-refractivity contribution in [2.75, 3.05) is 6.26 Å². The maximum atomic E-state index is 12.0. The van der Waals surface area contributed by atoms with Crippen LogP contribution in [0.3, 0.4) is 0 Å². The van der Waals surface area contributed by atoms with Crippen molar-refractivity contribution in [2.24, 2.45) is 0 Å². The molecule has 0 N–H and O–H groups in total. The lowest BCUT2D eigenvalue weighted by molar-refractivity contribution is 0.0463. The van der Waals surface area contributed by atoms with E-state index in [2.05, 4.69) is 15.1 Å². The average molecular weight is 314 g/mol. The van der Waals surface area contributed by atoms with Gasteiger partial charge < -0.3 is 9.26 Å². The van der Waals surface area contributed by atoms with Gasteiger partial charge >= 0.3 is 5.97 Å². The fourth-order valence-corrected chi connectivity index (χ4v) is 2.02. The quantitative estimate of drug-likeness (QED) is 0.488. The molecule has 0 bridgehead atoms. The topological polar surface area (TPSA) is 78.1 Å². The Kier molecular flexibility index (Phi) is 4.61. The molecule has 2 heterocycles. The highest BCUT2D eigenvalue weighted by Crippen LogP contribution is 2.19. The van der Waals surface area contributed by atoms with Crippen molar-refractivity contribution in [1.29, 1.82) is 0 Å². The molecule has 0 spiro atoms. The number of aryl methyl sites for hydroxylation is 2. The summed E-state index contributed by atoms with van der Waals surface area (Å²) in [5.41, 5.74) is 1.49. The molecule has 0 amide bonds. The number of carbonyl (C=O) groups is 1. The van der Waals surface area contributed by atoms with Crippen LogP contribution in [0.4, 0.5) is 0 Å². The van der Waals surface area contributed by atoms with E-state index < -0.39 is 5.97 Å². The monoisotopic (exact) mass is 313 g/mol. The first-order chi connectivity index (χ1) is 9.52. The van der Waals surface area contributed by atoms with Gasteiger partial charge in [-0.3, -0.25) is 0 Å². The molecule has 0 saturated carbocycles. The molecule has 0 radical (unpaired) electrons. The number of nitrogens with zero attached hydrogens (tertiary/aromatic N) is 3. The van der Waals surface area contributed by atoms with Gasteiger partial charge in [-0.15, -0.1) is 0 Å². The first-order valence-electron chi connectivity index (χ1n) is 5.68. The van der Waals surface area contributed by atoms with Crippen molar-refractivity contribution in [2.45, 2.75) is 25.6 Å². The summed E-state index contributed by atoms with van der Waals surface area (Å²) in [7, 11) is 0. The summed E-state index contributed by atoms with van der Waals surface area (Å²) >= 11 is 7.22. The normalized spacial score (nSPS) is 10.6. The van der Waals surface area contributed by atoms with Crippen molar-refractivity contribution < 1.29 is 14.1 Å². The van der Waals surface area contributed by atoms with Crippen molar-refractivity contribution in [1.82, 2.24) is 15.1 Å². The molecular weight excluding hydrogens is 302 g/mol. The fourth-order valence-electron chi connectivity index (χ4n) is 1.51. The van der Waals surface area contributed by atoms with Gasteiger partial charge in [0.2, 0.25) is 0 Å². The minimum absolute atomic E-state index is 0.0535. The van der Waals surface area contributed by atoms with Crippen molar-refractivity contribution >= 4 is 29.3 Å². The van der Waals surface area contributed by atoms with Gasteiger partial charge in [-0.2, -0.15) is 0 Å². The van der Waals surface area contributed by atoms with E-state index in [0.717, 1.165) is 5.56 Å². The lowest BCUT2D eigenvalue weighted by Gasteiger charge is -2.06. The van der Waals surface area contributed by atoms with Crippen molar-refractivity contribution in [3.05, 3.63) is 33.9 Å². The summed E-state index contributed by atoms with van der Waals surface area (Å²) in [6.45, 7) is 3.60. The van der Waals surface area contributed by atoms with E-state index in [9.17, 15) is 4.79 Å². The van der Waals surface area contributed by atoms with Crippen molar-refractivity contribution in [3.8, 4) is 0 Å². The smallest absolute Gasteiger partial charge is 0.359 e. The number of thioether (sulfide) groups is 1.